The third-order valence-corrected chi connectivity index (χ3v) is 5.98. The van der Waals surface area contributed by atoms with Crippen LogP contribution in [0.25, 0.3) is 0 Å². The van der Waals surface area contributed by atoms with E-state index < -0.39 is 0 Å². The molecule has 0 bridgehead atoms. The van der Waals surface area contributed by atoms with Gasteiger partial charge < -0.3 is 9.80 Å². The minimum Gasteiger partial charge on any atom is -0.368 e. The predicted octanol–water partition coefficient (Wildman–Crippen LogP) is 1.88. The Bertz CT molecular complexity index is 602. The van der Waals surface area contributed by atoms with Gasteiger partial charge in [-0.05, 0) is 37.0 Å². The summed E-state index contributed by atoms with van der Waals surface area (Å²) in [5.41, 5.74) is 7.74. The molecule has 2 N–H and O–H groups in total. The molecule has 24 heavy (non-hydrogen) atoms. The molecular formula is C18H25ClN4O. The summed E-state index contributed by atoms with van der Waals surface area (Å²) >= 11 is 6.09. The van der Waals surface area contributed by atoms with Gasteiger partial charge >= 0.3 is 0 Å². The van der Waals surface area contributed by atoms with Crippen LogP contribution in [0, 0.1) is 11.8 Å². The molecular weight excluding hydrogens is 324 g/mol. The van der Waals surface area contributed by atoms with Crippen molar-refractivity contribution >= 4 is 23.2 Å². The van der Waals surface area contributed by atoms with Gasteiger partial charge in [0.25, 0.3) is 0 Å². The summed E-state index contributed by atoms with van der Waals surface area (Å²) in [5, 5.41) is 0.763. The van der Waals surface area contributed by atoms with Gasteiger partial charge in [0.1, 0.15) is 0 Å². The van der Waals surface area contributed by atoms with Crippen LogP contribution < -0.4 is 15.8 Å². The van der Waals surface area contributed by atoms with E-state index in [1.807, 2.05) is 18.2 Å². The zero-order chi connectivity index (χ0) is 16.5. The van der Waals surface area contributed by atoms with Crippen LogP contribution in [0.4, 0.5) is 5.69 Å². The number of hydrogen-bond donors (Lipinski definition) is 2. The van der Waals surface area contributed by atoms with Gasteiger partial charge in [-0.3, -0.25) is 15.6 Å². The Labute approximate surface area is 148 Å². The molecule has 1 saturated carbocycles. The first-order chi connectivity index (χ1) is 11.7. The molecule has 0 aromatic heterocycles. The normalized spacial score (nSPS) is 30.3. The fourth-order valence-corrected chi connectivity index (χ4v) is 4.60. The molecule has 5 nitrogen and oxygen atoms in total. The Kier molecular flexibility index (Phi) is 4.66. The van der Waals surface area contributed by atoms with Gasteiger partial charge in [-0.25, -0.2) is 0 Å². The molecule has 1 aromatic carbocycles. The molecule has 3 atom stereocenters. The lowest BCUT2D eigenvalue weighted by Gasteiger charge is -2.40. The van der Waals surface area contributed by atoms with E-state index in [4.69, 9.17) is 11.6 Å². The van der Waals surface area contributed by atoms with E-state index in [1.54, 1.807) is 0 Å². The molecule has 130 valence electrons. The van der Waals surface area contributed by atoms with Gasteiger partial charge in [0.15, 0.2) is 0 Å². The minimum atomic E-state index is 0.136. The Morgan fingerprint density at radius 2 is 2.00 bits per heavy atom. The fraction of sp³-hybridized carbons (Fsp3) is 0.611. The molecule has 2 saturated heterocycles. The van der Waals surface area contributed by atoms with Gasteiger partial charge in [0.05, 0.1) is 5.92 Å². The number of anilines is 1. The highest BCUT2D eigenvalue weighted by atomic mass is 35.5. The molecule has 4 rings (SSSR count). The van der Waals surface area contributed by atoms with Gasteiger partial charge in [-0.1, -0.05) is 24.1 Å². The Hall–Kier alpha value is -1.30. The van der Waals surface area contributed by atoms with Crippen molar-refractivity contribution in [2.75, 3.05) is 37.6 Å². The molecule has 3 aliphatic rings. The second-order valence-electron chi connectivity index (χ2n) is 7.14. The smallest absolute Gasteiger partial charge is 0.227 e. The van der Waals surface area contributed by atoms with Crippen molar-refractivity contribution in [2.45, 2.75) is 25.3 Å². The van der Waals surface area contributed by atoms with Gasteiger partial charge in [-0.2, -0.15) is 0 Å². The quantitative estimate of drug-likeness (QED) is 0.856. The number of piperazine rings is 1. The maximum absolute atomic E-state index is 13.0. The van der Waals surface area contributed by atoms with Crippen molar-refractivity contribution in [3.8, 4) is 0 Å². The summed E-state index contributed by atoms with van der Waals surface area (Å²) in [4.78, 5) is 17.4. The monoisotopic (exact) mass is 348 g/mol. The first-order valence-corrected chi connectivity index (χ1v) is 9.38. The molecule has 1 amide bonds. The highest BCUT2D eigenvalue weighted by molar-refractivity contribution is 6.30. The average Bonchev–Trinajstić information content (AvgIpc) is 3.10. The first kappa shape index (κ1) is 16.2. The lowest BCUT2D eigenvalue weighted by Crippen LogP contribution is -2.54. The lowest BCUT2D eigenvalue weighted by molar-refractivity contribution is -0.138. The van der Waals surface area contributed by atoms with Crippen LogP contribution in [0.3, 0.4) is 0 Å². The van der Waals surface area contributed by atoms with E-state index in [0.717, 1.165) is 49.9 Å². The fourth-order valence-electron chi connectivity index (χ4n) is 4.41. The van der Waals surface area contributed by atoms with Crippen LogP contribution in [0.15, 0.2) is 24.3 Å². The summed E-state index contributed by atoms with van der Waals surface area (Å²) in [6.45, 7) is 4.34. The average molecular weight is 349 g/mol. The first-order valence-electron chi connectivity index (χ1n) is 9.00. The molecule has 1 aliphatic carbocycles. The number of nitrogens with zero attached hydrogens (tertiary/aromatic N) is 2. The van der Waals surface area contributed by atoms with Gasteiger partial charge in [-0.15, -0.1) is 0 Å². The van der Waals surface area contributed by atoms with E-state index in [1.165, 1.54) is 12.8 Å². The number of carbonyl (C=O) groups is 1. The van der Waals surface area contributed by atoms with Crippen LogP contribution in [0.2, 0.25) is 5.02 Å². The van der Waals surface area contributed by atoms with Crippen molar-refractivity contribution in [1.82, 2.24) is 15.8 Å². The number of halogens is 1. The zero-order valence-corrected chi connectivity index (χ0v) is 14.6. The molecule has 2 heterocycles. The third-order valence-electron chi connectivity index (χ3n) is 5.75. The second-order valence-corrected chi connectivity index (χ2v) is 7.58. The minimum absolute atomic E-state index is 0.136. The molecule has 6 heteroatoms. The molecule has 2 aliphatic heterocycles. The van der Waals surface area contributed by atoms with Gasteiger partial charge in [0.2, 0.25) is 5.91 Å². The van der Waals surface area contributed by atoms with Crippen LogP contribution in [0.1, 0.15) is 19.3 Å². The SMILES string of the molecule is O=C(C1CCCC2CNNC21)N1CCN(c2cccc(Cl)c2)CC1. The van der Waals surface area contributed by atoms with Crippen molar-refractivity contribution < 1.29 is 4.79 Å². The molecule has 0 radical (unpaired) electrons. The third kappa shape index (κ3) is 3.13. The predicted molar refractivity (Wildman–Crippen MR) is 96.0 cm³/mol. The number of amides is 1. The van der Waals surface area contributed by atoms with E-state index in [9.17, 15) is 4.79 Å². The molecule has 3 fully saturated rings. The Morgan fingerprint density at radius 1 is 1.17 bits per heavy atom. The van der Waals surface area contributed by atoms with Crippen LogP contribution in [-0.4, -0.2) is 49.6 Å². The highest BCUT2D eigenvalue weighted by Crippen LogP contribution is 2.32. The summed E-state index contributed by atoms with van der Waals surface area (Å²) in [6.07, 6.45) is 3.42. The summed E-state index contributed by atoms with van der Waals surface area (Å²) in [5.74, 6) is 1.09. The van der Waals surface area contributed by atoms with E-state index in [2.05, 4.69) is 26.7 Å². The van der Waals surface area contributed by atoms with Crippen molar-refractivity contribution in [3.63, 3.8) is 0 Å². The second kappa shape index (κ2) is 6.90. The van der Waals surface area contributed by atoms with Gasteiger partial charge in [0, 0.05) is 49.5 Å². The van der Waals surface area contributed by atoms with E-state index in [0.29, 0.717) is 17.9 Å². The summed E-state index contributed by atoms with van der Waals surface area (Å²) < 4.78 is 0. The maximum Gasteiger partial charge on any atom is 0.227 e. The number of carbonyl (C=O) groups excluding carboxylic acids is 1. The Morgan fingerprint density at radius 3 is 2.79 bits per heavy atom. The molecule has 1 aromatic rings. The number of benzene rings is 1. The maximum atomic E-state index is 13.0. The number of hydrogen-bond acceptors (Lipinski definition) is 4. The van der Waals surface area contributed by atoms with Crippen molar-refractivity contribution in [1.29, 1.82) is 0 Å². The van der Waals surface area contributed by atoms with Crippen molar-refractivity contribution in [3.05, 3.63) is 29.3 Å². The van der Waals surface area contributed by atoms with Crippen LogP contribution >= 0.6 is 11.6 Å². The Balaban J connectivity index is 1.37. The largest absolute Gasteiger partial charge is 0.368 e. The number of hydrazine groups is 1. The van der Waals surface area contributed by atoms with Crippen LogP contribution in [-0.2, 0) is 4.79 Å². The summed E-state index contributed by atoms with van der Waals surface area (Å²) in [7, 11) is 0. The standard InChI is InChI=1S/C18H25ClN4O/c19-14-4-2-5-15(11-14)22-7-9-23(10-8-22)18(24)16-6-1-3-13-12-20-21-17(13)16/h2,4-5,11,13,16-17,20-21H,1,3,6-10,12H2. The topological polar surface area (TPSA) is 47.6 Å². The van der Waals surface area contributed by atoms with E-state index >= 15 is 0 Å². The number of fused-ring (bicyclic) bond motifs is 1. The number of nitrogens with one attached hydrogen (secondary N) is 2. The lowest BCUT2D eigenvalue weighted by atomic mass is 9.77. The summed E-state index contributed by atoms with van der Waals surface area (Å²) in [6, 6.07) is 8.28. The highest BCUT2D eigenvalue weighted by Gasteiger charge is 2.42. The number of rotatable bonds is 2. The molecule has 3 unspecified atom stereocenters. The van der Waals surface area contributed by atoms with E-state index in [-0.39, 0.29) is 5.92 Å². The van der Waals surface area contributed by atoms with Crippen LogP contribution in [0.5, 0.6) is 0 Å². The zero-order valence-electron chi connectivity index (χ0n) is 13.9. The van der Waals surface area contributed by atoms with Crippen molar-refractivity contribution in [2.24, 2.45) is 11.8 Å². The molecule has 0 spiro atoms.